The molecule has 2 nitrogen and oxygen atoms in total. The maximum Gasteiger partial charge on any atom is 0.137 e. The molecule has 0 saturated heterocycles. The molecule has 1 aromatic carbocycles. The average Bonchev–Trinajstić information content (AvgIpc) is 2.73. The van der Waals surface area contributed by atoms with E-state index < -0.39 is 0 Å². The maximum absolute atomic E-state index is 6.16. The number of benzene rings is 1. The lowest BCUT2D eigenvalue weighted by atomic mass is 9.85. The van der Waals surface area contributed by atoms with E-state index in [0.29, 0.717) is 0 Å². The van der Waals surface area contributed by atoms with E-state index >= 15 is 0 Å². The first-order chi connectivity index (χ1) is 8.84. The van der Waals surface area contributed by atoms with Crippen LogP contribution in [-0.4, -0.2) is 6.54 Å². The van der Waals surface area contributed by atoms with Gasteiger partial charge in [-0.15, -0.1) is 0 Å². The van der Waals surface area contributed by atoms with E-state index in [-0.39, 0.29) is 11.5 Å². The van der Waals surface area contributed by atoms with E-state index in [1.165, 1.54) is 16.5 Å². The van der Waals surface area contributed by atoms with E-state index in [4.69, 9.17) is 4.42 Å². The summed E-state index contributed by atoms with van der Waals surface area (Å²) in [6.07, 6.45) is 0. The summed E-state index contributed by atoms with van der Waals surface area (Å²) in [5.74, 6) is 1.04. The summed E-state index contributed by atoms with van der Waals surface area (Å²) in [7, 11) is 0. The van der Waals surface area contributed by atoms with Gasteiger partial charge in [-0.3, -0.25) is 0 Å². The van der Waals surface area contributed by atoms with Crippen molar-refractivity contribution in [2.24, 2.45) is 5.41 Å². The predicted molar refractivity (Wildman–Crippen MR) is 81.6 cm³/mol. The van der Waals surface area contributed by atoms with Gasteiger partial charge in [0.1, 0.15) is 11.3 Å². The van der Waals surface area contributed by atoms with E-state index in [9.17, 15) is 0 Å². The summed E-state index contributed by atoms with van der Waals surface area (Å²) in [5, 5.41) is 4.74. The molecule has 1 unspecified atom stereocenters. The Hall–Kier alpha value is -1.28. The first-order valence-electron chi connectivity index (χ1n) is 7.07. The molecule has 0 fully saturated rings. The predicted octanol–water partition coefficient (Wildman–Crippen LogP) is 4.75. The van der Waals surface area contributed by atoms with Crippen molar-refractivity contribution in [2.45, 2.75) is 47.6 Å². The first-order valence-corrected chi connectivity index (χ1v) is 7.07. The van der Waals surface area contributed by atoms with Crippen molar-refractivity contribution in [1.29, 1.82) is 0 Å². The summed E-state index contributed by atoms with van der Waals surface area (Å²) >= 11 is 0. The highest BCUT2D eigenvalue weighted by atomic mass is 16.3. The van der Waals surface area contributed by atoms with Crippen molar-refractivity contribution in [1.82, 2.24) is 5.32 Å². The molecule has 104 valence electrons. The quantitative estimate of drug-likeness (QED) is 0.860. The Morgan fingerprint density at radius 1 is 1.21 bits per heavy atom. The molecule has 1 heterocycles. The second-order valence-corrected chi connectivity index (χ2v) is 6.43. The van der Waals surface area contributed by atoms with E-state index in [1.807, 2.05) is 0 Å². The molecule has 1 N–H and O–H groups in total. The topological polar surface area (TPSA) is 25.2 Å². The number of fused-ring (bicyclic) bond motifs is 1. The standard InChI is InChI=1S/C17H25NO/c1-7-18-16(17(4,5)6)14-10-13-9-8-11(2)12(3)15(13)19-14/h8-10,16,18H,7H2,1-6H3. The van der Waals surface area contributed by atoms with E-state index in [1.54, 1.807) is 0 Å². The molecular weight excluding hydrogens is 234 g/mol. The lowest BCUT2D eigenvalue weighted by molar-refractivity contribution is 0.244. The smallest absolute Gasteiger partial charge is 0.137 e. The molecule has 19 heavy (non-hydrogen) atoms. The summed E-state index contributed by atoms with van der Waals surface area (Å²) < 4.78 is 6.16. The average molecular weight is 259 g/mol. The third-order valence-electron chi connectivity index (χ3n) is 3.78. The molecule has 0 bridgehead atoms. The number of nitrogens with one attached hydrogen (secondary N) is 1. The van der Waals surface area contributed by atoms with Crippen LogP contribution in [0.2, 0.25) is 0 Å². The molecule has 1 atom stereocenters. The fourth-order valence-corrected chi connectivity index (χ4v) is 2.54. The second kappa shape index (κ2) is 5.01. The highest BCUT2D eigenvalue weighted by molar-refractivity contribution is 5.82. The zero-order valence-corrected chi connectivity index (χ0v) is 12.9. The van der Waals surface area contributed by atoms with Gasteiger partial charge in [-0.1, -0.05) is 39.8 Å². The Labute approximate surface area is 116 Å². The SMILES string of the molecule is CCNC(c1cc2ccc(C)c(C)c2o1)C(C)(C)C. The van der Waals surface area contributed by atoms with Crippen molar-refractivity contribution < 1.29 is 4.42 Å². The van der Waals surface area contributed by atoms with Crippen LogP contribution in [0.1, 0.15) is 50.6 Å². The number of hydrogen-bond acceptors (Lipinski definition) is 2. The largest absolute Gasteiger partial charge is 0.459 e. The van der Waals surface area contributed by atoms with Crippen molar-refractivity contribution in [3.63, 3.8) is 0 Å². The van der Waals surface area contributed by atoms with Crippen molar-refractivity contribution >= 4 is 11.0 Å². The van der Waals surface area contributed by atoms with Crippen LogP contribution in [0.4, 0.5) is 0 Å². The van der Waals surface area contributed by atoms with Gasteiger partial charge in [0.05, 0.1) is 6.04 Å². The summed E-state index contributed by atoms with van der Waals surface area (Å²) in [5.41, 5.74) is 3.69. The van der Waals surface area contributed by atoms with Gasteiger partial charge >= 0.3 is 0 Å². The second-order valence-electron chi connectivity index (χ2n) is 6.43. The maximum atomic E-state index is 6.16. The molecule has 2 heteroatoms. The number of aryl methyl sites for hydroxylation is 2. The van der Waals surface area contributed by atoms with Gasteiger partial charge in [-0.2, -0.15) is 0 Å². The zero-order chi connectivity index (χ0) is 14.2. The van der Waals surface area contributed by atoms with Gasteiger partial charge in [-0.25, -0.2) is 0 Å². The molecule has 2 rings (SSSR count). The Bertz CT molecular complexity index is 575. The van der Waals surface area contributed by atoms with Gasteiger partial charge in [0, 0.05) is 5.39 Å². The van der Waals surface area contributed by atoms with Crippen LogP contribution in [0.3, 0.4) is 0 Å². The zero-order valence-electron chi connectivity index (χ0n) is 12.9. The van der Waals surface area contributed by atoms with Gasteiger partial charge in [0.2, 0.25) is 0 Å². The molecule has 0 aliphatic rings. The normalized spacial score (nSPS) is 14.0. The first kappa shape index (κ1) is 14.1. The summed E-state index contributed by atoms with van der Waals surface area (Å²) in [6.45, 7) is 14.1. The van der Waals surface area contributed by atoms with Crippen molar-refractivity contribution in [3.05, 3.63) is 35.1 Å². The van der Waals surface area contributed by atoms with Crippen LogP contribution in [-0.2, 0) is 0 Å². The Morgan fingerprint density at radius 3 is 2.47 bits per heavy atom. The molecule has 0 saturated carbocycles. The molecule has 0 radical (unpaired) electrons. The van der Waals surface area contributed by atoms with E-state index in [2.05, 4.69) is 65.1 Å². The minimum atomic E-state index is 0.132. The van der Waals surface area contributed by atoms with Crippen LogP contribution in [0.5, 0.6) is 0 Å². The summed E-state index contributed by atoms with van der Waals surface area (Å²) in [4.78, 5) is 0. The summed E-state index contributed by atoms with van der Waals surface area (Å²) in [6, 6.07) is 6.73. The van der Waals surface area contributed by atoms with Crippen molar-refractivity contribution in [2.75, 3.05) is 6.54 Å². The molecule has 0 spiro atoms. The highest BCUT2D eigenvalue weighted by Crippen LogP contribution is 2.36. The van der Waals surface area contributed by atoms with Crippen molar-refractivity contribution in [3.8, 4) is 0 Å². The third-order valence-corrected chi connectivity index (χ3v) is 3.78. The minimum Gasteiger partial charge on any atom is -0.459 e. The number of furan rings is 1. The third kappa shape index (κ3) is 2.69. The van der Waals surface area contributed by atoms with E-state index in [0.717, 1.165) is 17.9 Å². The Morgan fingerprint density at radius 2 is 1.89 bits per heavy atom. The van der Waals surface area contributed by atoms with Crippen LogP contribution in [0, 0.1) is 19.3 Å². The van der Waals surface area contributed by atoms with Crippen LogP contribution in [0.15, 0.2) is 22.6 Å². The monoisotopic (exact) mass is 259 g/mol. The fraction of sp³-hybridized carbons (Fsp3) is 0.529. The molecular formula is C17H25NO. The van der Waals surface area contributed by atoms with Gasteiger partial charge in [0.15, 0.2) is 0 Å². The number of hydrogen-bond donors (Lipinski definition) is 1. The van der Waals surface area contributed by atoms with Crippen LogP contribution >= 0.6 is 0 Å². The molecule has 0 aliphatic heterocycles. The minimum absolute atomic E-state index is 0.132. The fourth-order valence-electron chi connectivity index (χ4n) is 2.54. The lowest BCUT2D eigenvalue weighted by Gasteiger charge is -2.29. The van der Waals surface area contributed by atoms with Gasteiger partial charge in [0.25, 0.3) is 0 Å². The molecule has 1 aromatic heterocycles. The Kier molecular flexibility index (Phi) is 3.73. The van der Waals surface area contributed by atoms with Crippen LogP contribution in [0.25, 0.3) is 11.0 Å². The lowest BCUT2D eigenvalue weighted by Crippen LogP contribution is -2.31. The number of rotatable bonds is 3. The molecule has 0 amide bonds. The van der Waals surface area contributed by atoms with Gasteiger partial charge in [-0.05, 0) is 43.0 Å². The highest BCUT2D eigenvalue weighted by Gasteiger charge is 2.28. The molecule has 0 aliphatic carbocycles. The Balaban J connectivity index is 2.53. The van der Waals surface area contributed by atoms with Gasteiger partial charge < -0.3 is 9.73 Å². The molecule has 2 aromatic rings. The van der Waals surface area contributed by atoms with Crippen LogP contribution < -0.4 is 5.32 Å².